The molecule has 2 heterocycles. The van der Waals surface area contributed by atoms with Crippen molar-refractivity contribution >= 4 is 16.9 Å². The van der Waals surface area contributed by atoms with Crippen LogP contribution in [0.3, 0.4) is 0 Å². The second-order valence-electron chi connectivity index (χ2n) is 11.3. The molecule has 1 saturated heterocycles. The van der Waals surface area contributed by atoms with Crippen molar-refractivity contribution in [2.45, 2.75) is 95.1 Å². The number of carbonyl (C=O) groups is 1. The zero-order chi connectivity index (χ0) is 23.3. The van der Waals surface area contributed by atoms with E-state index in [0.29, 0.717) is 24.3 Å². The van der Waals surface area contributed by atoms with Crippen LogP contribution >= 0.6 is 0 Å². The van der Waals surface area contributed by atoms with Crippen molar-refractivity contribution in [2.24, 2.45) is 11.8 Å². The van der Waals surface area contributed by atoms with Gasteiger partial charge in [-0.05, 0) is 114 Å². The number of hydrogen-bond donors (Lipinski definition) is 2. The molecule has 2 aliphatic carbocycles. The molecule has 186 valence electrons. The maximum atomic E-state index is 12.5. The number of nitrogens with zero attached hydrogens (tertiary/aromatic N) is 1. The summed E-state index contributed by atoms with van der Waals surface area (Å²) in [7, 11) is 0. The first-order chi connectivity index (χ1) is 16.6. The van der Waals surface area contributed by atoms with Crippen LogP contribution in [0.5, 0.6) is 0 Å². The van der Waals surface area contributed by atoms with Crippen molar-refractivity contribution < 1.29 is 14.3 Å². The number of nitrogens with one attached hydrogen (secondary N) is 1. The van der Waals surface area contributed by atoms with Gasteiger partial charge in [0.15, 0.2) is 0 Å². The van der Waals surface area contributed by atoms with Gasteiger partial charge in [0.2, 0.25) is 5.91 Å². The summed E-state index contributed by atoms with van der Waals surface area (Å²) in [4.78, 5) is 15.1. The maximum Gasteiger partial charge on any atom is 0.220 e. The van der Waals surface area contributed by atoms with E-state index in [0.717, 1.165) is 50.0 Å². The van der Waals surface area contributed by atoms with Crippen LogP contribution in [0.2, 0.25) is 0 Å². The van der Waals surface area contributed by atoms with E-state index in [2.05, 4.69) is 28.4 Å². The summed E-state index contributed by atoms with van der Waals surface area (Å²) in [6.07, 6.45) is 14.7. The van der Waals surface area contributed by atoms with Crippen molar-refractivity contribution in [1.82, 2.24) is 10.2 Å². The zero-order valence-corrected chi connectivity index (χ0v) is 20.6. The lowest BCUT2D eigenvalue weighted by atomic mass is 9.83. The van der Waals surface area contributed by atoms with E-state index in [4.69, 9.17) is 4.42 Å². The van der Waals surface area contributed by atoms with E-state index in [1.807, 2.05) is 12.3 Å². The van der Waals surface area contributed by atoms with Gasteiger partial charge < -0.3 is 19.7 Å². The van der Waals surface area contributed by atoms with Gasteiger partial charge in [-0.1, -0.05) is 18.2 Å². The number of hydrogen-bond acceptors (Lipinski definition) is 4. The summed E-state index contributed by atoms with van der Waals surface area (Å²) in [6.45, 7) is 3.59. The topological polar surface area (TPSA) is 65.7 Å². The van der Waals surface area contributed by atoms with Crippen LogP contribution in [0.1, 0.15) is 88.5 Å². The number of aliphatic hydroxyl groups is 1. The first-order valence-corrected chi connectivity index (χ1v) is 13.8. The molecule has 1 aliphatic heterocycles. The van der Waals surface area contributed by atoms with Crippen LogP contribution in [0.15, 0.2) is 34.9 Å². The molecule has 2 saturated carbocycles. The Morgan fingerprint density at radius 3 is 2.41 bits per heavy atom. The average Bonchev–Trinajstić information content (AvgIpc) is 3.30. The fraction of sp³-hybridized carbons (Fsp3) is 0.690. The molecular formula is C29H42N2O3. The molecule has 0 atom stereocenters. The Kier molecular flexibility index (Phi) is 7.90. The van der Waals surface area contributed by atoms with Gasteiger partial charge in [-0.15, -0.1) is 0 Å². The number of piperidine rings is 1. The predicted octanol–water partition coefficient (Wildman–Crippen LogP) is 5.62. The van der Waals surface area contributed by atoms with Crippen LogP contribution in [0.25, 0.3) is 11.0 Å². The third kappa shape index (κ3) is 6.04. The largest absolute Gasteiger partial charge is 0.464 e. The van der Waals surface area contributed by atoms with Gasteiger partial charge in [0.05, 0.1) is 12.4 Å². The van der Waals surface area contributed by atoms with Crippen LogP contribution in [-0.2, 0) is 4.79 Å². The van der Waals surface area contributed by atoms with E-state index in [-0.39, 0.29) is 12.0 Å². The molecule has 3 fully saturated rings. The second-order valence-corrected chi connectivity index (χ2v) is 11.3. The molecule has 1 aromatic carbocycles. The fourth-order valence-corrected chi connectivity index (χ4v) is 6.64. The van der Waals surface area contributed by atoms with E-state index < -0.39 is 0 Å². The van der Waals surface area contributed by atoms with E-state index >= 15 is 0 Å². The van der Waals surface area contributed by atoms with Crippen LogP contribution in [0, 0.1) is 11.8 Å². The molecule has 0 spiro atoms. The Balaban J connectivity index is 0.977. The lowest BCUT2D eigenvalue weighted by Crippen LogP contribution is -2.39. The number of furan rings is 1. The highest BCUT2D eigenvalue weighted by Gasteiger charge is 2.27. The standard InChI is InChI=1S/C29H42N2O3/c32-25-11-7-22(8-12-25)19-29(33)30-24-9-5-21(6-10-24)13-16-31-17-14-23(15-18-31)27-20-34-28-4-2-1-3-26(27)28/h1-4,20-25,32H,5-19H2,(H,30,33). The monoisotopic (exact) mass is 466 g/mol. The molecule has 34 heavy (non-hydrogen) atoms. The molecule has 2 aromatic rings. The first kappa shape index (κ1) is 23.9. The summed E-state index contributed by atoms with van der Waals surface area (Å²) < 4.78 is 5.78. The lowest BCUT2D eigenvalue weighted by Gasteiger charge is -2.34. The minimum Gasteiger partial charge on any atom is -0.464 e. The first-order valence-electron chi connectivity index (χ1n) is 13.8. The van der Waals surface area contributed by atoms with Crippen molar-refractivity contribution in [3.05, 3.63) is 36.1 Å². The van der Waals surface area contributed by atoms with Gasteiger partial charge in [0.1, 0.15) is 5.58 Å². The number of para-hydroxylation sites is 1. The maximum absolute atomic E-state index is 12.5. The Bertz CT molecular complexity index is 916. The van der Waals surface area contributed by atoms with Gasteiger partial charge in [0, 0.05) is 23.4 Å². The van der Waals surface area contributed by atoms with Crippen molar-refractivity contribution in [1.29, 1.82) is 0 Å². The number of benzene rings is 1. The molecule has 3 aliphatic rings. The van der Waals surface area contributed by atoms with Gasteiger partial charge in [0.25, 0.3) is 0 Å². The number of fused-ring (bicyclic) bond motifs is 1. The van der Waals surface area contributed by atoms with Crippen LogP contribution in [0.4, 0.5) is 0 Å². The lowest BCUT2D eigenvalue weighted by molar-refractivity contribution is -0.123. The van der Waals surface area contributed by atoms with Crippen molar-refractivity contribution in [2.75, 3.05) is 19.6 Å². The number of amides is 1. The van der Waals surface area contributed by atoms with Crippen molar-refractivity contribution in [3.8, 4) is 0 Å². The molecule has 0 unspecified atom stereocenters. The summed E-state index contributed by atoms with van der Waals surface area (Å²) in [5.74, 6) is 2.13. The minimum absolute atomic E-state index is 0.141. The molecule has 5 nitrogen and oxygen atoms in total. The van der Waals surface area contributed by atoms with Gasteiger partial charge in [-0.3, -0.25) is 4.79 Å². The molecule has 0 radical (unpaired) electrons. The third-order valence-corrected chi connectivity index (χ3v) is 8.89. The Hall–Kier alpha value is -1.85. The minimum atomic E-state index is -0.141. The van der Waals surface area contributed by atoms with Crippen LogP contribution < -0.4 is 5.32 Å². The van der Waals surface area contributed by atoms with Crippen LogP contribution in [-0.4, -0.2) is 47.7 Å². The molecule has 1 amide bonds. The number of carbonyl (C=O) groups excluding carboxylic acids is 1. The summed E-state index contributed by atoms with van der Waals surface area (Å²) in [6, 6.07) is 8.79. The van der Waals surface area contributed by atoms with E-state index in [1.165, 1.54) is 62.7 Å². The number of aliphatic hydroxyl groups excluding tert-OH is 1. The Labute approximate surface area is 204 Å². The predicted molar refractivity (Wildman–Crippen MR) is 136 cm³/mol. The quantitative estimate of drug-likeness (QED) is 0.556. The highest BCUT2D eigenvalue weighted by atomic mass is 16.3. The Morgan fingerprint density at radius 1 is 0.941 bits per heavy atom. The zero-order valence-electron chi connectivity index (χ0n) is 20.6. The molecule has 0 bridgehead atoms. The third-order valence-electron chi connectivity index (χ3n) is 8.89. The molecule has 2 N–H and O–H groups in total. The molecular weight excluding hydrogens is 424 g/mol. The number of likely N-dealkylation sites (tertiary alicyclic amines) is 1. The van der Waals surface area contributed by atoms with E-state index in [1.54, 1.807) is 0 Å². The second kappa shape index (κ2) is 11.3. The Morgan fingerprint density at radius 2 is 1.65 bits per heavy atom. The van der Waals surface area contributed by atoms with Gasteiger partial charge >= 0.3 is 0 Å². The van der Waals surface area contributed by atoms with E-state index in [9.17, 15) is 9.90 Å². The fourth-order valence-electron chi connectivity index (χ4n) is 6.64. The summed E-state index contributed by atoms with van der Waals surface area (Å²) in [5, 5.41) is 14.3. The van der Waals surface area contributed by atoms with Gasteiger partial charge in [-0.25, -0.2) is 0 Å². The molecule has 5 rings (SSSR count). The summed E-state index contributed by atoms with van der Waals surface area (Å²) >= 11 is 0. The normalized spacial score (nSPS) is 29.3. The smallest absolute Gasteiger partial charge is 0.220 e. The average molecular weight is 467 g/mol. The molecule has 5 heteroatoms. The highest BCUT2D eigenvalue weighted by molar-refractivity contribution is 5.81. The van der Waals surface area contributed by atoms with Gasteiger partial charge in [-0.2, -0.15) is 0 Å². The highest BCUT2D eigenvalue weighted by Crippen LogP contribution is 2.35. The SMILES string of the molecule is O=C(CC1CCC(O)CC1)NC1CCC(CCN2CCC(c3coc4ccccc34)CC2)CC1. The van der Waals surface area contributed by atoms with Crippen molar-refractivity contribution in [3.63, 3.8) is 0 Å². The number of rotatable bonds is 7. The summed E-state index contributed by atoms with van der Waals surface area (Å²) in [5.41, 5.74) is 2.41. The molecule has 1 aromatic heterocycles.